The molecule has 0 atom stereocenters. The first-order valence-corrected chi connectivity index (χ1v) is 8.12. The minimum absolute atomic E-state index is 0.241. The smallest absolute Gasteiger partial charge is 0.420 e. The summed E-state index contributed by atoms with van der Waals surface area (Å²) in [6, 6.07) is 5.00. The fourth-order valence-corrected chi connectivity index (χ4v) is 2.41. The van der Waals surface area contributed by atoms with Gasteiger partial charge in [-0.2, -0.15) is 0 Å². The molecular formula is C16H18BrN3O5. The van der Waals surface area contributed by atoms with Crippen LogP contribution in [0.2, 0.25) is 0 Å². The van der Waals surface area contributed by atoms with Crippen LogP contribution in [0.5, 0.6) is 0 Å². The highest BCUT2D eigenvalue weighted by atomic mass is 79.9. The Morgan fingerprint density at radius 1 is 1.24 bits per heavy atom. The van der Waals surface area contributed by atoms with E-state index in [2.05, 4.69) is 25.7 Å². The SMILES string of the molecule is COC(=O)N(C)C(=O)c1nc2cc(Br)ccc2n1C(=O)OC(C)(C)C. The number of ether oxygens (including phenoxy) is 2. The molecule has 0 unspecified atom stereocenters. The number of imide groups is 1. The van der Waals surface area contributed by atoms with E-state index in [1.54, 1.807) is 39.0 Å². The highest BCUT2D eigenvalue weighted by molar-refractivity contribution is 9.10. The van der Waals surface area contributed by atoms with Crippen LogP contribution < -0.4 is 0 Å². The number of fused-ring (bicyclic) bond motifs is 1. The average molecular weight is 412 g/mol. The molecular weight excluding hydrogens is 394 g/mol. The second-order valence-corrected chi connectivity index (χ2v) is 7.13. The average Bonchev–Trinajstić information content (AvgIpc) is 2.89. The van der Waals surface area contributed by atoms with E-state index in [1.807, 2.05) is 0 Å². The minimum Gasteiger partial charge on any atom is -0.452 e. The van der Waals surface area contributed by atoms with Crippen molar-refractivity contribution in [3.05, 3.63) is 28.5 Å². The van der Waals surface area contributed by atoms with Crippen LogP contribution in [-0.4, -0.2) is 52.3 Å². The molecule has 1 heterocycles. The van der Waals surface area contributed by atoms with Crippen molar-refractivity contribution in [2.45, 2.75) is 26.4 Å². The Bertz CT molecular complexity index is 853. The van der Waals surface area contributed by atoms with Gasteiger partial charge in [-0.3, -0.25) is 4.79 Å². The summed E-state index contributed by atoms with van der Waals surface area (Å²) >= 11 is 3.32. The Balaban J connectivity index is 2.62. The van der Waals surface area contributed by atoms with E-state index >= 15 is 0 Å². The van der Waals surface area contributed by atoms with Gasteiger partial charge in [0.2, 0.25) is 5.82 Å². The van der Waals surface area contributed by atoms with Crippen molar-refractivity contribution in [1.29, 1.82) is 0 Å². The third-order valence-corrected chi connectivity index (χ3v) is 3.63. The summed E-state index contributed by atoms with van der Waals surface area (Å²) in [6.07, 6.45) is -1.63. The van der Waals surface area contributed by atoms with Gasteiger partial charge >= 0.3 is 12.2 Å². The van der Waals surface area contributed by atoms with Gasteiger partial charge < -0.3 is 9.47 Å². The predicted molar refractivity (Wildman–Crippen MR) is 93.6 cm³/mol. The zero-order valence-corrected chi connectivity index (χ0v) is 16.1. The maximum Gasteiger partial charge on any atom is 0.420 e. The van der Waals surface area contributed by atoms with Crippen LogP contribution in [0.1, 0.15) is 31.4 Å². The largest absolute Gasteiger partial charge is 0.452 e. The second kappa shape index (κ2) is 6.83. The molecule has 0 aliphatic carbocycles. The molecule has 2 rings (SSSR count). The molecule has 1 aromatic heterocycles. The number of benzene rings is 1. The quantitative estimate of drug-likeness (QED) is 0.713. The van der Waals surface area contributed by atoms with E-state index in [9.17, 15) is 14.4 Å². The van der Waals surface area contributed by atoms with Crippen LogP contribution >= 0.6 is 15.9 Å². The molecule has 2 amide bonds. The van der Waals surface area contributed by atoms with Crippen molar-refractivity contribution in [2.75, 3.05) is 14.2 Å². The Morgan fingerprint density at radius 3 is 2.44 bits per heavy atom. The highest BCUT2D eigenvalue weighted by Gasteiger charge is 2.30. The van der Waals surface area contributed by atoms with Gasteiger partial charge in [-0.15, -0.1) is 0 Å². The van der Waals surface area contributed by atoms with Crippen molar-refractivity contribution in [2.24, 2.45) is 0 Å². The lowest BCUT2D eigenvalue weighted by atomic mass is 10.2. The molecule has 9 heteroatoms. The molecule has 134 valence electrons. The van der Waals surface area contributed by atoms with Crippen LogP contribution in [0.25, 0.3) is 11.0 Å². The molecule has 0 aliphatic rings. The Kier molecular flexibility index (Phi) is 5.17. The lowest BCUT2D eigenvalue weighted by molar-refractivity contribution is 0.0520. The lowest BCUT2D eigenvalue weighted by Gasteiger charge is -2.21. The lowest BCUT2D eigenvalue weighted by Crippen LogP contribution is -2.36. The number of hydrogen-bond acceptors (Lipinski definition) is 6. The van der Waals surface area contributed by atoms with Crippen molar-refractivity contribution >= 4 is 45.1 Å². The third-order valence-electron chi connectivity index (χ3n) is 3.14. The normalized spacial score (nSPS) is 11.3. The molecule has 0 bridgehead atoms. The Hall–Kier alpha value is -2.42. The maximum atomic E-state index is 12.6. The van der Waals surface area contributed by atoms with Gasteiger partial charge in [-0.1, -0.05) is 15.9 Å². The molecule has 0 spiro atoms. The number of carbonyl (C=O) groups excluding carboxylic acids is 3. The number of rotatable bonds is 1. The fraction of sp³-hybridized carbons (Fsp3) is 0.375. The Morgan fingerprint density at radius 2 is 1.88 bits per heavy atom. The summed E-state index contributed by atoms with van der Waals surface area (Å²) < 4.78 is 11.7. The molecule has 1 aromatic carbocycles. The van der Waals surface area contributed by atoms with Crippen molar-refractivity contribution in [3.63, 3.8) is 0 Å². The maximum absolute atomic E-state index is 12.6. The number of amides is 2. The molecule has 0 saturated heterocycles. The molecule has 8 nitrogen and oxygen atoms in total. The van der Waals surface area contributed by atoms with Gasteiger partial charge in [0.15, 0.2) is 0 Å². The standard InChI is InChI=1S/C16H18BrN3O5/c1-16(2,3)25-15(23)20-11-7-6-9(17)8-10(11)18-12(20)13(21)19(4)14(22)24-5/h6-8H,1-5H3. The summed E-state index contributed by atoms with van der Waals surface area (Å²) in [5.41, 5.74) is 0.0263. The highest BCUT2D eigenvalue weighted by Crippen LogP contribution is 2.23. The van der Waals surface area contributed by atoms with E-state index < -0.39 is 23.7 Å². The number of methoxy groups -OCH3 is 1. The third kappa shape index (κ3) is 3.98. The van der Waals surface area contributed by atoms with Gasteiger partial charge in [0.05, 0.1) is 18.1 Å². The topological polar surface area (TPSA) is 90.7 Å². The number of hydrogen-bond donors (Lipinski definition) is 0. The molecule has 0 fully saturated rings. The summed E-state index contributed by atoms with van der Waals surface area (Å²) in [7, 11) is 2.39. The predicted octanol–water partition coefficient (Wildman–Crippen LogP) is 3.42. The van der Waals surface area contributed by atoms with Gasteiger partial charge in [0, 0.05) is 11.5 Å². The van der Waals surface area contributed by atoms with Crippen LogP contribution in [0.3, 0.4) is 0 Å². The Labute approximate surface area is 152 Å². The summed E-state index contributed by atoms with van der Waals surface area (Å²) in [5, 5.41) is 0. The molecule has 0 aliphatic heterocycles. The summed E-state index contributed by atoms with van der Waals surface area (Å²) in [6.45, 7) is 5.13. The minimum atomic E-state index is -0.867. The van der Waals surface area contributed by atoms with Crippen LogP contribution in [-0.2, 0) is 9.47 Å². The molecule has 0 saturated carbocycles. The van der Waals surface area contributed by atoms with E-state index in [-0.39, 0.29) is 5.82 Å². The first kappa shape index (κ1) is 18.9. The van der Waals surface area contributed by atoms with Crippen molar-refractivity contribution < 1.29 is 23.9 Å². The fourth-order valence-electron chi connectivity index (χ4n) is 2.06. The van der Waals surface area contributed by atoms with Crippen LogP contribution in [0.15, 0.2) is 22.7 Å². The zero-order chi connectivity index (χ0) is 18.9. The molecule has 0 N–H and O–H groups in total. The van der Waals surface area contributed by atoms with Gasteiger partial charge in [-0.05, 0) is 39.0 Å². The number of nitrogens with zero attached hydrogens (tertiary/aromatic N) is 3. The number of carbonyl (C=O) groups is 3. The number of imidazole rings is 1. The van der Waals surface area contributed by atoms with Crippen LogP contribution in [0.4, 0.5) is 9.59 Å². The second-order valence-electron chi connectivity index (χ2n) is 6.22. The molecule has 25 heavy (non-hydrogen) atoms. The van der Waals surface area contributed by atoms with Gasteiger partial charge in [0.1, 0.15) is 5.60 Å². The number of halogens is 1. The summed E-state index contributed by atoms with van der Waals surface area (Å²) in [4.78, 5) is 41.8. The van der Waals surface area contributed by atoms with Crippen molar-refractivity contribution in [3.8, 4) is 0 Å². The van der Waals surface area contributed by atoms with E-state index in [0.717, 1.165) is 21.0 Å². The van der Waals surface area contributed by atoms with E-state index in [0.29, 0.717) is 11.0 Å². The van der Waals surface area contributed by atoms with Gasteiger partial charge in [0.25, 0.3) is 5.91 Å². The van der Waals surface area contributed by atoms with Crippen LogP contribution in [0, 0.1) is 0 Å². The van der Waals surface area contributed by atoms with Crippen molar-refractivity contribution in [1.82, 2.24) is 14.5 Å². The van der Waals surface area contributed by atoms with Gasteiger partial charge in [-0.25, -0.2) is 24.0 Å². The molecule has 2 aromatic rings. The molecule has 0 radical (unpaired) electrons. The monoisotopic (exact) mass is 411 g/mol. The number of aromatic nitrogens is 2. The van der Waals surface area contributed by atoms with E-state index in [4.69, 9.17) is 4.74 Å². The van der Waals surface area contributed by atoms with E-state index in [1.165, 1.54) is 7.05 Å². The first-order valence-electron chi connectivity index (χ1n) is 7.32. The summed E-state index contributed by atoms with van der Waals surface area (Å²) in [5.74, 6) is -1.03. The zero-order valence-electron chi connectivity index (χ0n) is 14.5. The first-order chi connectivity index (χ1) is 11.5.